The van der Waals surface area contributed by atoms with E-state index >= 15 is 0 Å². The lowest BCUT2D eigenvalue weighted by Gasteiger charge is -2.39. The van der Waals surface area contributed by atoms with Crippen LogP contribution in [-0.2, 0) is 5.41 Å². The molecule has 6 rings (SSSR count). The normalized spacial score (nSPS) is 24.8. The molecule has 1 heterocycles. The minimum absolute atomic E-state index is 0.0378. The molecular formula is C31H35Cl2N5O. The van der Waals surface area contributed by atoms with Gasteiger partial charge in [-0.25, -0.2) is 4.79 Å². The van der Waals surface area contributed by atoms with Crippen LogP contribution in [0.2, 0.25) is 10.0 Å². The second-order valence-corrected chi connectivity index (χ2v) is 12.5. The number of halogens is 2. The summed E-state index contributed by atoms with van der Waals surface area (Å²) < 4.78 is 0. The minimum atomic E-state index is -0.106. The molecule has 1 N–H and O–H groups in total. The molecule has 0 unspecified atom stereocenters. The van der Waals surface area contributed by atoms with Gasteiger partial charge in [-0.2, -0.15) is 5.26 Å². The monoisotopic (exact) mass is 563 g/mol. The van der Waals surface area contributed by atoms with Crippen molar-refractivity contribution in [1.29, 1.82) is 5.26 Å². The topological polar surface area (TPSA) is 62.6 Å². The van der Waals surface area contributed by atoms with Gasteiger partial charge in [-0.15, -0.1) is 0 Å². The van der Waals surface area contributed by atoms with Crippen molar-refractivity contribution >= 4 is 34.9 Å². The summed E-state index contributed by atoms with van der Waals surface area (Å²) in [5.41, 5.74) is 3.85. The van der Waals surface area contributed by atoms with Crippen LogP contribution in [0.1, 0.15) is 43.2 Å². The molecule has 6 nitrogen and oxygen atoms in total. The van der Waals surface area contributed by atoms with E-state index in [1.807, 2.05) is 23.1 Å². The molecule has 8 heteroatoms. The zero-order valence-electron chi connectivity index (χ0n) is 22.2. The summed E-state index contributed by atoms with van der Waals surface area (Å²) in [6.07, 6.45) is 7.85. The second-order valence-electron chi connectivity index (χ2n) is 11.6. The third-order valence-electron chi connectivity index (χ3n) is 8.90. The van der Waals surface area contributed by atoms with Crippen LogP contribution in [0.15, 0.2) is 54.1 Å². The molecule has 1 aliphatic heterocycles. The Kier molecular flexibility index (Phi) is 7.61. The summed E-state index contributed by atoms with van der Waals surface area (Å²) in [5.74, 6) is 0.924. The number of rotatable bonds is 8. The highest BCUT2D eigenvalue weighted by Crippen LogP contribution is 2.56. The minimum Gasteiger partial charge on any atom is -0.320 e. The fourth-order valence-corrected chi connectivity index (χ4v) is 6.94. The number of carbonyl (C=O) groups excluding carboxylic acids is 1. The molecule has 2 atom stereocenters. The Morgan fingerprint density at radius 2 is 1.79 bits per heavy atom. The molecule has 3 fully saturated rings. The molecule has 2 saturated carbocycles. The van der Waals surface area contributed by atoms with Crippen LogP contribution in [0.25, 0.3) is 0 Å². The number of urea groups is 1. The average Bonchev–Trinajstić information content (AvgIpc) is 3.85. The average molecular weight is 565 g/mol. The quantitative estimate of drug-likeness (QED) is 0.391. The first-order valence-electron chi connectivity index (χ1n) is 14.1. The van der Waals surface area contributed by atoms with Crippen molar-refractivity contribution in [3.05, 3.63) is 75.3 Å². The van der Waals surface area contributed by atoms with Crippen molar-refractivity contribution in [3.63, 3.8) is 0 Å². The lowest BCUT2D eigenvalue weighted by molar-refractivity contribution is 0.110. The second kappa shape index (κ2) is 11.1. The lowest BCUT2D eigenvalue weighted by Crippen LogP contribution is -2.52. The van der Waals surface area contributed by atoms with Gasteiger partial charge in [0, 0.05) is 73.0 Å². The fourth-order valence-electron chi connectivity index (χ4n) is 6.41. The molecule has 4 aliphatic rings. The van der Waals surface area contributed by atoms with E-state index in [4.69, 9.17) is 23.2 Å². The first-order chi connectivity index (χ1) is 18.9. The summed E-state index contributed by atoms with van der Waals surface area (Å²) in [6, 6.07) is 15.4. The molecule has 2 amide bonds. The van der Waals surface area contributed by atoms with Crippen molar-refractivity contribution in [1.82, 2.24) is 14.7 Å². The number of allylic oxidation sites excluding steroid dienone is 1. The van der Waals surface area contributed by atoms with E-state index in [2.05, 4.69) is 33.3 Å². The van der Waals surface area contributed by atoms with Crippen molar-refractivity contribution < 1.29 is 4.79 Å². The van der Waals surface area contributed by atoms with Crippen LogP contribution < -0.4 is 5.32 Å². The van der Waals surface area contributed by atoms with Crippen LogP contribution in [-0.4, -0.2) is 72.6 Å². The number of amides is 2. The number of anilines is 1. The van der Waals surface area contributed by atoms with Gasteiger partial charge in [0.05, 0.1) is 11.6 Å². The number of hydrogen-bond acceptors (Lipinski definition) is 4. The number of benzene rings is 2. The summed E-state index contributed by atoms with van der Waals surface area (Å²) in [6.45, 7) is 7.14. The van der Waals surface area contributed by atoms with Crippen molar-refractivity contribution in [2.45, 2.75) is 43.6 Å². The SMILES string of the molecule is N#Cc1cccc([C@@]23C=C2C[C@H](N(CCN2CCN(CC4CC4)CC2)C(=O)Nc2cc(Cl)cc(Cl)c2)CC3)c1. The van der Waals surface area contributed by atoms with E-state index in [1.54, 1.807) is 18.2 Å². The van der Waals surface area contributed by atoms with Crippen molar-refractivity contribution in [3.8, 4) is 6.07 Å². The third-order valence-corrected chi connectivity index (χ3v) is 9.33. The number of nitrogens with one attached hydrogen (secondary N) is 1. The van der Waals surface area contributed by atoms with Crippen LogP contribution >= 0.6 is 23.2 Å². The van der Waals surface area contributed by atoms with E-state index in [0.717, 1.165) is 57.9 Å². The summed E-state index contributed by atoms with van der Waals surface area (Å²) in [4.78, 5) is 20.8. The number of piperazine rings is 1. The first kappa shape index (κ1) is 26.7. The summed E-state index contributed by atoms with van der Waals surface area (Å²) in [5, 5.41) is 13.4. The lowest BCUT2D eigenvalue weighted by atomic mass is 9.78. The van der Waals surface area contributed by atoms with Crippen molar-refractivity contribution in [2.75, 3.05) is 51.1 Å². The van der Waals surface area contributed by atoms with Gasteiger partial charge in [0.15, 0.2) is 0 Å². The molecule has 0 bridgehead atoms. The van der Waals surface area contributed by atoms with Gasteiger partial charge in [-0.05, 0) is 73.9 Å². The Balaban J connectivity index is 1.12. The Morgan fingerprint density at radius 3 is 2.49 bits per heavy atom. The Bertz CT molecular complexity index is 1290. The zero-order chi connectivity index (χ0) is 27.0. The molecule has 39 heavy (non-hydrogen) atoms. The third kappa shape index (κ3) is 6.12. The molecule has 0 spiro atoms. The van der Waals surface area contributed by atoms with E-state index in [0.29, 0.717) is 27.8 Å². The Labute approximate surface area is 241 Å². The zero-order valence-corrected chi connectivity index (χ0v) is 23.7. The molecule has 0 aromatic heterocycles. The predicted octanol–water partition coefficient (Wildman–Crippen LogP) is 6.16. The molecule has 2 aromatic rings. The van der Waals surface area contributed by atoms with Gasteiger partial charge in [0.1, 0.15) is 0 Å². The standard InChI is InChI=1S/C31H35Cl2N5O/c32-26-16-27(33)18-28(17-26)35-30(39)38(13-12-36-8-10-37(11-9-36)21-22-4-5-22)29-6-7-31(19-25(31)15-29)24-3-1-2-23(14-24)20-34/h1-3,14,16-19,22,29H,4-13,15,21H2,(H,35,39)/t29-,31-/m1/s1. The van der Waals surface area contributed by atoms with Gasteiger partial charge in [-0.3, -0.25) is 4.90 Å². The molecule has 2 aromatic carbocycles. The fraction of sp³-hybridized carbons (Fsp3) is 0.484. The highest BCUT2D eigenvalue weighted by atomic mass is 35.5. The van der Waals surface area contributed by atoms with Gasteiger partial charge in [0.25, 0.3) is 0 Å². The highest BCUT2D eigenvalue weighted by molar-refractivity contribution is 6.35. The van der Waals surface area contributed by atoms with Gasteiger partial charge < -0.3 is 15.1 Å². The smallest absolute Gasteiger partial charge is 0.320 e. The molecule has 3 aliphatic carbocycles. The van der Waals surface area contributed by atoms with Gasteiger partial charge in [0.2, 0.25) is 0 Å². The van der Waals surface area contributed by atoms with E-state index in [9.17, 15) is 10.1 Å². The van der Waals surface area contributed by atoms with Crippen LogP contribution in [0.5, 0.6) is 0 Å². The van der Waals surface area contributed by atoms with Gasteiger partial charge >= 0.3 is 6.03 Å². The van der Waals surface area contributed by atoms with E-state index < -0.39 is 0 Å². The molecular weight excluding hydrogens is 529 g/mol. The van der Waals surface area contributed by atoms with Crippen LogP contribution in [0.3, 0.4) is 0 Å². The highest BCUT2D eigenvalue weighted by Gasteiger charge is 2.50. The number of hydrogen-bond donors (Lipinski definition) is 1. The number of carbonyl (C=O) groups is 1. The van der Waals surface area contributed by atoms with E-state index in [-0.39, 0.29) is 17.5 Å². The number of nitriles is 1. The van der Waals surface area contributed by atoms with Crippen LogP contribution in [0, 0.1) is 17.2 Å². The molecule has 1 saturated heterocycles. The largest absolute Gasteiger partial charge is 0.322 e. The maximum atomic E-state index is 13.7. The van der Waals surface area contributed by atoms with Gasteiger partial charge in [-0.1, -0.05) is 47.0 Å². The predicted molar refractivity (Wildman–Crippen MR) is 156 cm³/mol. The summed E-state index contributed by atoms with van der Waals surface area (Å²) in [7, 11) is 0. The number of nitrogens with zero attached hydrogens (tertiary/aromatic N) is 4. The van der Waals surface area contributed by atoms with Crippen LogP contribution in [0.4, 0.5) is 10.5 Å². The van der Waals surface area contributed by atoms with E-state index in [1.165, 1.54) is 30.5 Å². The van der Waals surface area contributed by atoms with Crippen molar-refractivity contribution in [2.24, 2.45) is 5.92 Å². The Morgan fingerprint density at radius 1 is 1.05 bits per heavy atom. The summed E-state index contributed by atoms with van der Waals surface area (Å²) >= 11 is 12.4. The first-order valence-corrected chi connectivity index (χ1v) is 14.9. The number of fused-ring (bicyclic) bond motifs is 1. The maximum absolute atomic E-state index is 13.7. The molecule has 0 radical (unpaired) electrons. The Hall–Kier alpha value is -2.56. The molecule has 204 valence electrons. The maximum Gasteiger partial charge on any atom is 0.322 e.